The Balaban J connectivity index is 1.60. The summed E-state index contributed by atoms with van der Waals surface area (Å²) in [6, 6.07) is 6.11. The van der Waals surface area contributed by atoms with Crippen molar-refractivity contribution in [3.05, 3.63) is 46.1 Å². The molecule has 1 N–H and O–H groups in total. The van der Waals surface area contributed by atoms with Gasteiger partial charge in [0.15, 0.2) is 20.7 Å². The molecule has 1 saturated carbocycles. The zero-order valence-corrected chi connectivity index (χ0v) is 17.5. The van der Waals surface area contributed by atoms with Gasteiger partial charge in [-0.15, -0.1) is 0 Å². The van der Waals surface area contributed by atoms with Crippen LogP contribution in [0.25, 0.3) is 0 Å². The number of rotatable bonds is 7. The van der Waals surface area contributed by atoms with E-state index in [0.717, 1.165) is 30.4 Å². The fourth-order valence-corrected chi connectivity index (χ4v) is 5.40. The van der Waals surface area contributed by atoms with Crippen molar-refractivity contribution in [3.8, 4) is 0 Å². The molecule has 1 aromatic heterocycles. The molecule has 4 rings (SSSR count). The Bertz CT molecular complexity index is 1100. The van der Waals surface area contributed by atoms with Gasteiger partial charge in [-0.05, 0) is 49.2 Å². The van der Waals surface area contributed by atoms with Crippen molar-refractivity contribution in [2.24, 2.45) is 5.10 Å². The van der Waals surface area contributed by atoms with Gasteiger partial charge in [0.2, 0.25) is 0 Å². The van der Waals surface area contributed by atoms with Gasteiger partial charge in [-0.2, -0.15) is 5.10 Å². The number of benzene rings is 1. The molecule has 30 heavy (non-hydrogen) atoms. The lowest BCUT2D eigenvalue weighted by Crippen LogP contribution is -2.27. The molecular formula is C18H19N5O5S2. The lowest BCUT2D eigenvalue weighted by atomic mass is 10.1. The van der Waals surface area contributed by atoms with E-state index in [1.54, 1.807) is 17.1 Å². The first-order chi connectivity index (χ1) is 14.3. The summed E-state index contributed by atoms with van der Waals surface area (Å²) in [5.41, 5.74) is 0.560. The van der Waals surface area contributed by atoms with Crippen molar-refractivity contribution in [2.75, 3.05) is 18.4 Å². The minimum Gasteiger partial charge on any atom is -0.296 e. The highest BCUT2D eigenvalue weighted by Gasteiger charge is 2.36. The van der Waals surface area contributed by atoms with Crippen LogP contribution in [0.2, 0.25) is 0 Å². The third-order valence-corrected chi connectivity index (χ3v) is 8.00. The van der Waals surface area contributed by atoms with Gasteiger partial charge >= 0.3 is 5.00 Å². The third-order valence-electron chi connectivity index (χ3n) is 4.85. The van der Waals surface area contributed by atoms with Gasteiger partial charge < -0.3 is 0 Å². The molecule has 10 nitrogen and oxygen atoms in total. The molecule has 1 aromatic carbocycles. The third kappa shape index (κ3) is 4.33. The fraction of sp³-hybridized carbons (Fsp3) is 0.389. The molecule has 12 heteroatoms. The molecule has 2 aliphatic rings. The summed E-state index contributed by atoms with van der Waals surface area (Å²) < 4.78 is 24.8. The van der Waals surface area contributed by atoms with Crippen LogP contribution in [0.1, 0.15) is 31.2 Å². The minimum atomic E-state index is -3.33. The van der Waals surface area contributed by atoms with Crippen molar-refractivity contribution in [1.82, 2.24) is 9.99 Å². The standard InChI is InChI=1S/C18H19N5O5S2/c24-17(20-18-19-11-15(29-18)23(25)26)16(21-22-9-1-2-10-22)12-3-5-13(6-4-12)30(27,28)14-7-8-14/h3-6,11,14H,1-2,7-10H2,(H,19,20,24)/b21-16+. The summed E-state index contributed by atoms with van der Waals surface area (Å²) >= 11 is 0.751. The molecule has 1 aliphatic carbocycles. The van der Waals surface area contributed by atoms with Crippen LogP contribution in [0.5, 0.6) is 0 Å². The van der Waals surface area contributed by atoms with Gasteiger partial charge in [0, 0.05) is 18.7 Å². The number of carbonyl (C=O) groups excluding carboxylic acids is 1. The summed E-state index contributed by atoms with van der Waals surface area (Å²) in [5.74, 6) is -0.566. The highest BCUT2D eigenvalue weighted by atomic mass is 32.2. The molecule has 0 unspecified atom stereocenters. The largest absolute Gasteiger partial charge is 0.345 e. The number of hydrazone groups is 1. The van der Waals surface area contributed by atoms with E-state index in [9.17, 15) is 23.3 Å². The number of hydrogen-bond donors (Lipinski definition) is 1. The second-order valence-corrected chi connectivity index (χ2v) is 10.3. The summed E-state index contributed by atoms with van der Waals surface area (Å²) in [6.45, 7) is 1.43. The second kappa shape index (κ2) is 8.11. The second-order valence-electron chi connectivity index (χ2n) is 7.09. The number of nitrogens with one attached hydrogen (secondary N) is 1. The maximum atomic E-state index is 12.9. The molecule has 2 fully saturated rings. The number of nitro groups is 1. The topological polar surface area (TPSA) is 135 Å². The van der Waals surface area contributed by atoms with Crippen molar-refractivity contribution < 1.29 is 18.1 Å². The van der Waals surface area contributed by atoms with E-state index in [4.69, 9.17) is 0 Å². The van der Waals surface area contributed by atoms with Gasteiger partial charge in [-0.1, -0.05) is 12.1 Å². The zero-order valence-electron chi connectivity index (χ0n) is 15.9. The van der Waals surface area contributed by atoms with Crippen LogP contribution in [0.4, 0.5) is 10.1 Å². The van der Waals surface area contributed by atoms with Gasteiger partial charge in [-0.25, -0.2) is 13.4 Å². The Morgan fingerprint density at radius 3 is 2.47 bits per heavy atom. The van der Waals surface area contributed by atoms with E-state index in [2.05, 4.69) is 15.4 Å². The summed E-state index contributed by atoms with van der Waals surface area (Å²) in [5, 5.41) is 19.2. The van der Waals surface area contributed by atoms with Crippen LogP contribution in [0.15, 0.2) is 40.5 Å². The monoisotopic (exact) mass is 449 g/mol. The number of aromatic nitrogens is 1. The number of hydrogen-bond acceptors (Lipinski definition) is 9. The van der Waals surface area contributed by atoms with Crippen LogP contribution in [0.3, 0.4) is 0 Å². The van der Waals surface area contributed by atoms with E-state index in [-0.39, 0.29) is 26.0 Å². The molecule has 0 radical (unpaired) electrons. The Morgan fingerprint density at radius 2 is 1.90 bits per heavy atom. The quantitative estimate of drug-likeness (QED) is 0.389. The zero-order chi connectivity index (χ0) is 21.3. The smallest absolute Gasteiger partial charge is 0.296 e. The molecule has 158 valence electrons. The molecule has 0 atom stereocenters. The van der Waals surface area contributed by atoms with Gasteiger partial charge in [0.05, 0.1) is 15.1 Å². The van der Waals surface area contributed by atoms with Crippen molar-refractivity contribution >= 4 is 42.9 Å². The SMILES string of the molecule is O=C(Nc1ncc([N+](=O)[O-])s1)/C(=N/N1CCCC1)c1ccc(S(=O)(=O)C2CC2)cc1. The lowest BCUT2D eigenvalue weighted by molar-refractivity contribution is -0.380. The molecule has 2 heterocycles. The van der Waals surface area contributed by atoms with Crippen LogP contribution in [-0.2, 0) is 14.6 Å². The number of thiazole rings is 1. The molecule has 2 aromatic rings. The maximum Gasteiger partial charge on any atom is 0.345 e. The number of amides is 1. The predicted molar refractivity (Wildman–Crippen MR) is 111 cm³/mol. The van der Waals surface area contributed by atoms with Crippen LogP contribution in [0, 0.1) is 10.1 Å². The van der Waals surface area contributed by atoms with Crippen LogP contribution < -0.4 is 5.32 Å². The van der Waals surface area contributed by atoms with Gasteiger partial charge in [-0.3, -0.25) is 25.2 Å². The Kier molecular flexibility index (Phi) is 5.52. The number of sulfone groups is 1. The predicted octanol–water partition coefficient (Wildman–Crippen LogP) is 2.43. The first-order valence-corrected chi connectivity index (χ1v) is 11.8. The normalized spacial score (nSPS) is 17.2. The maximum absolute atomic E-state index is 12.9. The van der Waals surface area contributed by atoms with E-state index in [1.165, 1.54) is 12.1 Å². The molecule has 0 spiro atoms. The molecule has 1 amide bonds. The number of anilines is 1. The van der Waals surface area contributed by atoms with Crippen LogP contribution >= 0.6 is 11.3 Å². The first kappa shape index (κ1) is 20.4. The fourth-order valence-electron chi connectivity index (χ4n) is 3.11. The number of carbonyl (C=O) groups is 1. The average molecular weight is 450 g/mol. The van der Waals surface area contributed by atoms with Crippen molar-refractivity contribution in [2.45, 2.75) is 35.8 Å². The summed E-state index contributed by atoms with van der Waals surface area (Å²) in [7, 11) is -3.33. The molecule has 1 aliphatic heterocycles. The Hall–Kier alpha value is -2.86. The van der Waals surface area contributed by atoms with E-state index in [0.29, 0.717) is 31.5 Å². The van der Waals surface area contributed by atoms with E-state index in [1.807, 2.05) is 0 Å². The van der Waals surface area contributed by atoms with Crippen molar-refractivity contribution in [3.63, 3.8) is 0 Å². The Labute approximate surface area is 176 Å². The average Bonchev–Trinajstić information content (AvgIpc) is 3.27. The van der Waals surface area contributed by atoms with Crippen LogP contribution in [-0.4, -0.2) is 53.3 Å². The number of nitrogens with zero attached hydrogens (tertiary/aromatic N) is 4. The van der Waals surface area contributed by atoms with Gasteiger partial charge in [0.1, 0.15) is 6.20 Å². The summed E-state index contributed by atoms with van der Waals surface area (Å²) in [6.07, 6.45) is 4.36. The van der Waals surface area contributed by atoms with E-state index >= 15 is 0 Å². The first-order valence-electron chi connectivity index (χ1n) is 9.44. The van der Waals surface area contributed by atoms with Gasteiger partial charge in [0.25, 0.3) is 5.91 Å². The van der Waals surface area contributed by atoms with Crippen molar-refractivity contribution in [1.29, 1.82) is 0 Å². The molecule has 0 bridgehead atoms. The summed E-state index contributed by atoms with van der Waals surface area (Å²) in [4.78, 5) is 27.2. The molecular weight excluding hydrogens is 430 g/mol. The highest BCUT2D eigenvalue weighted by Crippen LogP contribution is 2.33. The minimum absolute atomic E-state index is 0.0914. The lowest BCUT2D eigenvalue weighted by Gasteiger charge is -2.14. The molecule has 1 saturated heterocycles. The van der Waals surface area contributed by atoms with E-state index < -0.39 is 20.7 Å². The highest BCUT2D eigenvalue weighted by molar-refractivity contribution is 7.92. The Morgan fingerprint density at radius 1 is 1.23 bits per heavy atom.